The van der Waals surface area contributed by atoms with Gasteiger partial charge in [-0.05, 0) is 63.5 Å². The Balaban J connectivity index is 1.80. The molecule has 1 aliphatic rings. The molecule has 0 amide bonds. The van der Waals surface area contributed by atoms with E-state index in [9.17, 15) is 4.39 Å². The molecule has 1 fully saturated rings. The van der Waals surface area contributed by atoms with E-state index < -0.39 is 0 Å². The van der Waals surface area contributed by atoms with Crippen LogP contribution in [0.5, 0.6) is 0 Å². The molecule has 0 aromatic heterocycles. The quantitative estimate of drug-likeness (QED) is 0.911. The van der Waals surface area contributed by atoms with Crippen molar-refractivity contribution >= 4 is 11.6 Å². The van der Waals surface area contributed by atoms with E-state index in [-0.39, 0.29) is 5.82 Å². The molecule has 4 heteroatoms. The molecule has 2 nitrogen and oxygen atoms in total. The molecule has 19 heavy (non-hydrogen) atoms. The molecule has 0 spiro atoms. The molecule has 2 rings (SSSR count). The monoisotopic (exact) mass is 284 g/mol. The number of halogens is 2. The maximum atomic E-state index is 13.2. The van der Waals surface area contributed by atoms with Crippen molar-refractivity contribution in [2.75, 3.05) is 13.1 Å². The molecule has 1 aliphatic heterocycles. The van der Waals surface area contributed by atoms with Gasteiger partial charge in [-0.15, -0.1) is 0 Å². The number of benzene rings is 1. The van der Waals surface area contributed by atoms with Crippen molar-refractivity contribution in [2.45, 2.75) is 45.3 Å². The van der Waals surface area contributed by atoms with Crippen LogP contribution in [0.3, 0.4) is 0 Å². The topological polar surface area (TPSA) is 15.3 Å². The minimum atomic E-state index is -0.265. The summed E-state index contributed by atoms with van der Waals surface area (Å²) in [6.07, 6.45) is 2.31. The highest BCUT2D eigenvalue weighted by atomic mass is 35.5. The lowest BCUT2D eigenvalue weighted by Gasteiger charge is -2.35. The summed E-state index contributed by atoms with van der Waals surface area (Å²) in [6.45, 7) is 7.44. The molecule has 0 bridgehead atoms. The van der Waals surface area contributed by atoms with Crippen molar-refractivity contribution < 1.29 is 4.39 Å². The summed E-state index contributed by atoms with van der Waals surface area (Å²) < 4.78 is 13.2. The lowest BCUT2D eigenvalue weighted by atomic mass is 10.0. The van der Waals surface area contributed by atoms with Crippen LogP contribution in [-0.4, -0.2) is 30.1 Å². The zero-order valence-corrected chi connectivity index (χ0v) is 12.4. The highest BCUT2D eigenvalue weighted by Crippen LogP contribution is 2.16. The minimum absolute atomic E-state index is 0.265. The Hall–Kier alpha value is -0.640. The van der Waals surface area contributed by atoms with Crippen LogP contribution in [0.1, 0.15) is 32.3 Å². The third-order valence-electron chi connectivity index (χ3n) is 3.78. The van der Waals surface area contributed by atoms with Crippen LogP contribution in [0, 0.1) is 5.82 Å². The summed E-state index contributed by atoms with van der Waals surface area (Å²) in [4.78, 5) is 2.50. The van der Waals surface area contributed by atoms with Gasteiger partial charge in [0.15, 0.2) is 0 Å². The molecular weight excluding hydrogens is 263 g/mol. The van der Waals surface area contributed by atoms with E-state index >= 15 is 0 Å². The Morgan fingerprint density at radius 1 is 1.32 bits per heavy atom. The lowest BCUT2D eigenvalue weighted by molar-refractivity contribution is 0.161. The van der Waals surface area contributed by atoms with Crippen LogP contribution in [0.2, 0.25) is 5.02 Å². The fraction of sp³-hybridized carbons (Fsp3) is 0.600. The number of hydrogen-bond donors (Lipinski definition) is 1. The van der Waals surface area contributed by atoms with Crippen LogP contribution in [-0.2, 0) is 6.54 Å². The Kier molecular flexibility index (Phi) is 5.20. The standard InChI is InChI=1S/C15H22ClFN2/c1-11(2)19-5-3-15(4-6-19)18-10-12-7-13(16)9-14(17)8-12/h7-9,11,15,18H,3-6,10H2,1-2H3. The third-order valence-corrected chi connectivity index (χ3v) is 4.00. The van der Waals surface area contributed by atoms with Gasteiger partial charge in [0.25, 0.3) is 0 Å². The first-order valence-corrected chi connectivity index (χ1v) is 7.35. The predicted octanol–water partition coefficient (Wildman–Crippen LogP) is 3.44. The number of hydrogen-bond acceptors (Lipinski definition) is 2. The van der Waals surface area contributed by atoms with Gasteiger partial charge < -0.3 is 10.2 Å². The fourth-order valence-corrected chi connectivity index (χ4v) is 2.84. The van der Waals surface area contributed by atoms with Gasteiger partial charge in [0.1, 0.15) is 5.82 Å². The van der Waals surface area contributed by atoms with E-state index in [1.54, 1.807) is 6.07 Å². The molecule has 1 heterocycles. The molecule has 106 valence electrons. The first-order valence-electron chi connectivity index (χ1n) is 6.97. The first kappa shape index (κ1) is 14.8. The van der Waals surface area contributed by atoms with E-state index in [0.29, 0.717) is 23.7 Å². The van der Waals surface area contributed by atoms with Gasteiger partial charge in [-0.25, -0.2) is 4.39 Å². The van der Waals surface area contributed by atoms with E-state index in [1.807, 2.05) is 6.07 Å². The van der Waals surface area contributed by atoms with E-state index in [2.05, 4.69) is 24.1 Å². The van der Waals surface area contributed by atoms with E-state index in [0.717, 1.165) is 31.5 Å². The average Bonchev–Trinajstić information content (AvgIpc) is 2.36. The second-order valence-corrected chi connectivity index (χ2v) is 6.00. The summed E-state index contributed by atoms with van der Waals surface area (Å²) >= 11 is 5.85. The van der Waals surface area contributed by atoms with Gasteiger partial charge in [0, 0.05) is 23.7 Å². The number of likely N-dealkylation sites (tertiary alicyclic amines) is 1. The fourth-order valence-electron chi connectivity index (χ4n) is 2.60. The highest BCUT2D eigenvalue weighted by molar-refractivity contribution is 6.30. The molecule has 1 aromatic carbocycles. The van der Waals surface area contributed by atoms with Gasteiger partial charge in [-0.3, -0.25) is 0 Å². The normalized spacial score (nSPS) is 18.2. The lowest BCUT2D eigenvalue weighted by Crippen LogP contribution is -2.44. The second kappa shape index (κ2) is 6.69. The van der Waals surface area contributed by atoms with E-state index in [4.69, 9.17) is 11.6 Å². The Morgan fingerprint density at radius 2 is 2.00 bits per heavy atom. The molecule has 0 aliphatic carbocycles. The van der Waals surface area contributed by atoms with Crippen LogP contribution in [0.15, 0.2) is 18.2 Å². The Labute approximate surface area is 119 Å². The first-order chi connectivity index (χ1) is 9.04. The Bertz CT molecular complexity index is 394. The van der Waals surface area contributed by atoms with Crippen molar-refractivity contribution in [1.82, 2.24) is 10.2 Å². The largest absolute Gasteiger partial charge is 0.310 e. The number of piperidine rings is 1. The summed E-state index contributed by atoms with van der Waals surface area (Å²) in [7, 11) is 0. The number of nitrogens with one attached hydrogen (secondary N) is 1. The minimum Gasteiger partial charge on any atom is -0.310 e. The molecule has 0 atom stereocenters. The van der Waals surface area contributed by atoms with Crippen LogP contribution in [0.4, 0.5) is 4.39 Å². The maximum absolute atomic E-state index is 13.2. The van der Waals surface area contributed by atoms with Gasteiger partial charge >= 0.3 is 0 Å². The molecule has 0 unspecified atom stereocenters. The van der Waals surface area contributed by atoms with Crippen molar-refractivity contribution in [3.8, 4) is 0 Å². The third kappa shape index (κ3) is 4.44. The van der Waals surface area contributed by atoms with Crippen LogP contribution < -0.4 is 5.32 Å². The zero-order chi connectivity index (χ0) is 13.8. The van der Waals surface area contributed by atoms with E-state index in [1.165, 1.54) is 6.07 Å². The zero-order valence-electron chi connectivity index (χ0n) is 11.6. The van der Waals surface area contributed by atoms with Crippen molar-refractivity contribution in [3.05, 3.63) is 34.6 Å². The second-order valence-electron chi connectivity index (χ2n) is 5.56. The van der Waals surface area contributed by atoms with Crippen molar-refractivity contribution in [1.29, 1.82) is 0 Å². The molecule has 1 saturated heterocycles. The SMILES string of the molecule is CC(C)N1CCC(NCc2cc(F)cc(Cl)c2)CC1. The summed E-state index contributed by atoms with van der Waals surface area (Å²) in [6, 6.07) is 5.86. The van der Waals surface area contributed by atoms with Crippen molar-refractivity contribution in [2.24, 2.45) is 0 Å². The van der Waals surface area contributed by atoms with Crippen molar-refractivity contribution in [3.63, 3.8) is 0 Å². The average molecular weight is 285 g/mol. The molecule has 1 aromatic rings. The smallest absolute Gasteiger partial charge is 0.125 e. The maximum Gasteiger partial charge on any atom is 0.125 e. The summed E-state index contributed by atoms with van der Waals surface area (Å²) in [5.74, 6) is -0.265. The van der Waals surface area contributed by atoms with Gasteiger partial charge in [-0.2, -0.15) is 0 Å². The summed E-state index contributed by atoms with van der Waals surface area (Å²) in [5.41, 5.74) is 0.913. The highest BCUT2D eigenvalue weighted by Gasteiger charge is 2.20. The van der Waals surface area contributed by atoms with Gasteiger partial charge in [0.2, 0.25) is 0 Å². The molecule has 1 N–H and O–H groups in total. The molecule has 0 radical (unpaired) electrons. The number of rotatable bonds is 4. The summed E-state index contributed by atoms with van der Waals surface area (Å²) in [5, 5.41) is 3.96. The van der Waals surface area contributed by atoms with Gasteiger partial charge in [0.05, 0.1) is 0 Å². The van der Waals surface area contributed by atoms with Gasteiger partial charge in [-0.1, -0.05) is 11.6 Å². The Morgan fingerprint density at radius 3 is 2.58 bits per heavy atom. The molecular formula is C15H22ClFN2. The van der Waals surface area contributed by atoms with Crippen LogP contribution >= 0.6 is 11.6 Å². The number of nitrogens with zero attached hydrogens (tertiary/aromatic N) is 1. The van der Waals surface area contributed by atoms with Crippen LogP contribution in [0.25, 0.3) is 0 Å². The molecule has 0 saturated carbocycles. The predicted molar refractivity (Wildman–Crippen MR) is 78.0 cm³/mol.